The van der Waals surface area contributed by atoms with Crippen molar-refractivity contribution in [3.05, 3.63) is 65.2 Å². The second-order valence-corrected chi connectivity index (χ2v) is 8.24. The maximum atomic E-state index is 12.7. The molecule has 0 unspecified atom stereocenters. The van der Waals surface area contributed by atoms with Gasteiger partial charge in [0.2, 0.25) is 10.0 Å². The number of nitrogens with zero attached hydrogens (tertiary/aromatic N) is 3. The quantitative estimate of drug-likeness (QED) is 0.845. The van der Waals surface area contributed by atoms with E-state index in [0.717, 1.165) is 6.54 Å². The Morgan fingerprint density at radius 2 is 1.72 bits per heavy atom. The molecule has 1 aliphatic rings. The molecule has 1 saturated heterocycles. The topological polar surface area (TPSA) is 64.4 Å². The van der Waals surface area contributed by atoms with Gasteiger partial charge in [0.05, 0.1) is 16.5 Å². The van der Waals surface area contributed by atoms with Gasteiger partial charge in [-0.1, -0.05) is 29.8 Å². The Hall–Kier alpha value is -2.20. The summed E-state index contributed by atoms with van der Waals surface area (Å²) in [6.07, 6.45) is 0. The highest BCUT2D eigenvalue weighted by molar-refractivity contribution is 7.89. The lowest BCUT2D eigenvalue weighted by Gasteiger charge is -2.34. The minimum absolute atomic E-state index is 0.249. The Morgan fingerprint density at radius 3 is 2.32 bits per heavy atom. The van der Waals surface area contributed by atoms with Crippen molar-refractivity contribution in [1.29, 1.82) is 5.26 Å². The molecule has 3 rings (SSSR count). The van der Waals surface area contributed by atoms with Crippen LogP contribution in [-0.2, 0) is 16.6 Å². The minimum Gasteiger partial charge on any atom is -0.296 e. The smallest absolute Gasteiger partial charge is 0.243 e. The molecule has 5 nitrogen and oxygen atoms in total. The molecule has 0 amide bonds. The van der Waals surface area contributed by atoms with Gasteiger partial charge in [0.1, 0.15) is 0 Å². The van der Waals surface area contributed by atoms with Crippen LogP contribution in [0.2, 0.25) is 0 Å². The number of benzene rings is 2. The first-order valence-electron chi connectivity index (χ1n) is 8.27. The van der Waals surface area contributed by atoms with Crippen molar-refractivity contribution in [2.24, 2.45) is 0 Å². The highest BCUT2D eigenvalue weighted by Gasteiger charge is 2.28. The molecule has 0 aliphatic carbocycles. The molecule has 2 aromatic carbocycles. The van der Waals surface area contributed by atoms with Gasteiger partial charge in [0, 0.05) is 32.7 Å². The summed E-state index contributed by atoms with van der Waals surface area (Å²) in [6.45, 7) is 5.30. The largest absolute Gasteiger partial charge is 0.296 e. The van der Waals surface area contributed by atoms with Crippen LogP contribution in [0, 0.1) is 18.3 Å². The molecule has 0 N–H and O–H groups in total. The van der Waals surface area contributed by atoms with E-state index in [4.69, 9.17) is 5.26 Å². The number of hydrogen-bond donors (Lipinski definition) is 0. The van der Waals surface area contributed by atoms with Crippen LogP contribution in [0.4, 0.5) is 0 Å². The van der Waals surface area contributed by atoms with Gasteiger partial charge in [0.15, 0.2) is 0 Å². The zero-order valence-corrected chi connectivity index (χ0v) is 15.0. The summed E-state index contributed by atoms with van der Waals surface area (Å²) in [5.74, 6) is 0. The fourth-order valence-electron chi connectivity index (χ4n) is 3.05. The number of sulfonamides is 1. The molecule has 1 aliphatic heterocycles. The van der Waals surface area contributed by atoms with E-state index in [1.807, 2.05) is 6.07 Å². The lowest BCUT2D eigenvalue weighted by Crippen LogP contribution is -2.48. The molecule has 0 atom stereocenters. The maximum Gasteiger partial charge on any atom is 0.243 e. The summed E-state index contributed by atoms with van der Waals surface area (Å²) >= 11 is 0. The van der Waals surface area contributed by atoms with Gasteiger partial charge >= 0.3 is 0 Å². The predicted octanol–water partition coefficient (Wildman–Crippen LogP) is 2.37. The average molecular weight is 355 g/mol. The molecular weight excluding hydrogens is 334 g/mol. The Kier molecular flexibility index (Phi) is 5.19. The van der Waals surface area contributed by atoms with E-state index in [9.17, 15) is 8.42 Å². The van der Waals surface area contributed by atoms with Gasteiger partial charge in [-0.2, -0.15) is 9.57 Å². The van der Waals surface area contributed by atoms with Crippen LogP contribution in [0.15, 0.2) is 53.4 Å². The van der Waals surface area contributed by atoms with Crippen LogP contribution in [0.3, 0.4) is 0 Å². The number of aryl methyl sites for hydroxylation is 1. The molecular formula is C19H21N3O2S. The molecule has 25 heavy (non-hydrogen) atoms. The van der Waals surface area contributed by atoms with Crippen molar-refractivity contribution in [2.45, 2.75) is 18.4 Å². The third-order valence-electron chi connectivity index (χ3n) is 4.44. The molecule has 6 heteroatoms. The fraction of sp³-hybridized carbons (Fsp3) is 0.316. The molecule has 1 heterocycles. The van der Waals surface area contributed by atoms with Gasteiger partial charge < -0.3 is 0 Å². The van der Waals surface area contributed by atoms with Crippen LogP contribution in [-0.4, -0.2) is 43.8 Å². The molecule has 0 spiro atoms. The Labute approximate surface area is 149 Å². The van der Waals surface area contributed by atoms with Crippen molar-refractivity contribution in [3.8, 4) is 6.07 Å². The van der Waals surface area contributed by atoms with Crippen LogP contribution in [0.5, 0.6) is 0 Å². The molecule has 0 saturated carbocycles. The summed E-state index contributed by atoms with van der Waals surface area (Å²) in [7, 11) is -3.49. The van der Waals surface area contributed by atoms with E-state index in [2.05, 4.69) is 36.1 Å². The highest BCUT2D eigenvalue weighted by Crippen LogP contribution is 2.19. The van der Waals surface area contributed by atoms with Gasteiger partial charge in [0.25, 0.3) is 0 Å². The zero-order chi connectivity index (χ0) is 17.9. The zero-order valence-electron chi connectivity index (χ0n) is 14.2. The average Bonchev–Trinajstić information content (AvgIpc) is 2.62. The molecule has 130 valence electrons. The van der Waals surface area contributed by atoms with E-state index < -0.39 is 10.0 Å². The van der Waals surface area contributed by atoms with Crippen molar-refractivity contribution >= 4 is 10.0 Å². The molecule has 0 bridgehead atoms. The van der Waals surface area contributed by atoms with Crippen molar-refractivity contribution < 1.29 is 8.42 Å². The van der Waals surface area contributed by atoms with E-state index in [1.54, 1.807) is 12.1 Å². The first-order chi connectivity index (χ1) is 12.0. The lowest BCUT2D eigenvalue weighted by molar-refractivity contribution is 0.181. The number of hydrogen-bond acceptors (Lipinski definition) is 4. The van der Waals surface area contributed by atoms with Crippen LogP contribution < -0.4 is 0 Å². The normalized spacial score (nSPS) is 16.5. The minimum atomic E-state index is -3.49. The molecule has 0 radical (unpaired) electrons. The summed E-state index contributed by atoms with van der Waals surface area (Å²) < 4.78 is 27.0. The monoisotopic (exact) mass is 355 g/mol. The number of nitriles is 1. The van der Waals surface area contributed by atoms with Gasteiger partial charge in [-0.15, -0.1) is 0 Å². The van der Waals surface area contributed by atoms with Crippen LogP contribution in [0.1, 0.15) is 16.7 Å². The maximum absolute atomic E-state index is 12.7. The van der Waals surface area contributed by atoms with Crippen molar-refractivity contribution in [2.75, 3.05) is 26.2 Å². The first kappa shape index (κ1) is 17.6. The summed E-state index contributed by atoms with van der Waals surface area (Å²) in [4.78, 5) is 2.53. The van der Waals surface area contributed by atoms with Gasteiger partial charge in [-0.25, -0.2) is 8.42 Å². The van der Waals surface area contributed by atoms with Gasteiger partial charge in [-0.05, 0) is 36.8 Å². The SMILES string of the molecule is Cc1cccc(CN2CCN(S(=O)(=O)c3ccc(C#N)cc3)CC2)c1. The molecule has 0 aromatic heterocycles. The Morgan fingerprint density at radius 1 is 1.04 bits per heavy atom. The van der Waals surface area contributed by atoms with E-state index in [-0.39, 0.29) is 4.90 Å². The van der Waals surface area contributed by atoms with E-state index in [1.165, 1.54) is 27.6 Å². The second kappa shape index (κ2) is 7.36. The molecule has 1 fully saturated rings. The van der Waals surface area contributed by atoms with E-state index in [0.29, 0.717) is 31.7 Å². The third-order valence-corrected chi connectivity index (χ3v) is 6.35. The summed E-state index contributed by atoms with van der Waals surface area (Å²) in [5, 5.41) is 8.83. The third kappa shape index (κ3) is 4.07. The van der Waals surface area contributed by atoms with Gasteiger partial charge in [-0.3, -0.25) is 4.90 Å². The van der Waals surface area contributed by atoms with Crippen LogP contribution >= 0.6 is 0 Å². The Bertz CT molecular complexity index is 878. The predicted molar refractivity (Wildman–Crippen MR) is 96.4 cm³/mol. The number of piperazine rings is 1. The number of rotatable bonds is 4. The summed E-state index contributed by atoms with van der Waals surface area (Å²) in [5.41, 5.74) is 2.95. The fourth-order valence-corrected chi connectivity index (χ4v) is 4.47. The van der Waals surface area contributed by atoms with E-state index >= 15 is 0 Å². The first-order valence-corrected chi connectivity index (χ1v) is 9.71. The lowest BCUT2D eigenvalue weighted by atomic mass is 10.1. The van der Waals surface area contributed by atoms with Crippen molar-refractivity contribution in [1.82, 2.24) is 9.21 Å². The highest BCUT2D eigenvalue weighted by atomic mass is 32.2. The summed E-state index contributed by atoms with van der Waals surface area (Å²) in [6, 6.07) is 16.5. The van der Waals surface area contributed by atoms with Crippen molar-refractivity contribution in [3.63, 3.8) is 0 Å². The molecule has 2 aromatic rings. The standard InChI is InChI=1S/C19H21N3O2S/c1-16-3-2-4-18(13-16)15-21-9-11-22(12-10-21)25(23,24)19-7-5-17(14-20)6-8-19/h2-8,13H,9-12,15H2,1H3. The Balaban J connectivity index is 1.63. The second-order valence-electron chi connectivity index (χ2n) is 6.31. The van der Waals surface area contributed by atoms with Crippen LogP contribution in [0.25, 0.3) is 0 Å².